The first kappa shape index (κ1) is 26.2. The van der Waals surface area contributed by atoms with Gasteiger partial charge in [0.25, 0.3) is 5.91 Å². The van der Waals surface area contributed by atoms with E-state index in [9.17, 15) is 23.9 Å². The summed E-state index contributed by atoms with van der Waals surface area (Å²) in [5, 5.41) is 14.7. The molecule has 1 aliphatic heterocycles. The van der Waals surface area contributed by atoms with Gasteiger partial charge in [-0.3, -0.25) is 14.4 Å². The minimum Gasteiger partial charge on any atom is -0.481 e. The van der Waals surface area contributed by atoms with Gasteiger partial charge in [-0.15, -0.1) is 0 Å². The van der Waals surface area contributed by atoms with Gasteiger partial charge in [-0.2, -0.15) is 9.78 Å². The number of carbonyl (C=O) groups is 3. The number of likely N-dealkylation sites (tertiary alicyclic amines) is 1. The van der Waals surface area contributed by atoms with Gasteiger partial charge in [-0.25, -0.2) is 4.39 Å². The Morgan fingerprint density at radius 3 is 2.56 bits per heavy atom. The fraction of sp³-hybridized carbons (Fsp3) is 0.533. The molecule has 1 saturated heterocycles. The molecule has 4 aliphatic rings. The van der Waals surface area contributed by atoms with E-state index in [0.717, 1.165) is 47.4 Å². The predicted octanol–water partition coefficient (Wildman–Crippen LogP) is 5.44. The summed E-state index contributed by atoms with van der Waals surface area (Å²) in [6.07, 6.45) is 8.54. The maximum Gasteiger partial charge on any atom is 0.306 e. The van der Waals surface area contributed by atoms with Crippen LogP contribution in [0.1, 0.15) is 90.2 Å². The third-order valence-electron chi connectivity index (χ3n) is 8.99. The average molecular weight is 554 g/mol. The first-order valence-corrected chi connectivity index (χ1v) is 14.5. The molecule has 2 aromatic rings. The molecule has 0 bridgehead atoms. The largest absolute Gasteiger partial charge is 0.481 e. The second-order valence-corrected chi connectivity index (χ2v) is 11.8. The van der Waals surface area contributed by atoms with Crippen molar-refractivity contribution in [3.05, 3.63) is 57.4 Å². The maximum atomic E-state index is 14.1. The standard InChI is InChI=1S/C30H33ClFN3O4/c31-24-5-1-4-22(17-6-7-17)26(24)29(37)35-25-15-20(28(36)34-14-2-3-21(34)16-32)12-13-23(25)27(33-35)18-8-10-19(11-9-18)30(38)39/h1,4-5,8,17,19-21H,2-3,6-7,9-16H2,(H,38,39)/t19?,20?,21-/m1/s1. The molecule has 6 rings (SSSR count). The van der Waals surface area contributed by atoms with Crippen molar-refractivity contribution in [2.45, 2.75) is 76.2 Å². The first-order valence-electron chi connectivity index (χ1n) is 14.1. The molecule has 7 nitrogen and oxygen atoms in total. The second kappa shape index (κ2) is 10.5. The smallest absolute Gasteiger partial charge is 0.306 e. The molecule has 9 heteroatoms. The van der Waals surface area contributed by atoms with Crippen LogP contribution in [0.5, 0.6) is 0 Å². The van der Waals surface area contributed by atoms with Crippen LogP contribution < -0.4 is 0 Å². The van der Waals surface area contributed by atoms with E-state index in [1.165, 1.54) is 4.68 Å². The Labute approximate surface area is 232 Å². The van der Waals surface area contributed by atoms with E-state index in [2.05, 4.69) is 0 Å². The van der Waals surface area contributed by atoms with E-state index < -0.39 is 18.6 Å². The zero-order chi connectivity index (χ0) is 27.3. The SMILES string of the molecule is O=C(O)C1CC=C(c2nn(C(=O)c3c(Cl)cccc3C3CC3)c3c2CCC(C(=O)N2CCC[C@@H]2CF)C3)CC1. The molecule has 1 saturated carbocycles. The number of carboxylic acids is 1. The Hall–Kier alpha value is -3.00. The lowest BCUT2D eigenvalue weighted by Crippen LogP contribution is -2.42. The van der Waals surface area contributed by atoms with Gasteiger partial charge in [0.05, 0.1) is 33.9 Å². The third-order valence-corrected chi connectivity index (χ3v) is 9.31. The van der Waals surface area contributed by atoms with Crippen LogP contribution in [0, 0.1) is 11.8 Å². The van der Waals surface area contributed by atoms with E-state index in [1.54, 1.807) is 11.0 Å². The Kier molecular flexibility index (Phi) is 7.08. The Morgan fingerprint density at radius 2 is 1.87 bits per heavy atom. The fourth-order valence-electron chi connectivity index (χ4n) is 6.65. The average Bonchev–Trinajstić information content (AvgIpc) is 3.56. The zero-order valence-corrected chi connectivity index (χ0v) is 22.6. The highest BCUT2D eigenvalue weighted by molar-refractivity contribution is 6.34. The summed E-state index contributed by atoms with van der Waals surface area (Å²) in [6, 6.07) is 5.19. The van der Waals surface area contributed by atoms with Crippen LogP contribution in [0.2, 0.25) is 5.02 Å². The zero-order valence-electron chi connectivity index (χ0n) is 21.9. The summed E-state index contributed by atoms with van der Waals surface area (Å²) in [5.74, 6) is -1.57. The maximum absolute atomic E-state index is 14.1. The van der Waals surface area contributed by atoms with Crippen LogP contribution in [0.4, 0.5) is 4.39 Å². The summed E-state index contributed by atoms with van der Waals surface area (Å²) in [7, 11) is 0. The summed E-state index contributed by atoms with van der Waals surface area (Å²) >= 11 is 6.60. The van der Waals surface area contributed by atoms with Crippen molar-refractivity contribution in [2.75, 3.05) is 13.2 Å². The quantitative estimate of drug-likeness (QED) is 0.514. The molecule has 3 aliphatic carbocycles. The van der Waals surface area contributed by atoms with E-state index in [0.29, 0.717) is 68.0 Å². The van der Waals surface area contributed by atoms with Gasteiger partial charge in [0.15, 0.2) is 0 Å². The summed E-state index contributed by atoms with van der Waals surface area (Å²) < 4.78 is 15.1. The van der Waals surface area contributed by atoms with Crippen LogP contribution in [0.15, 0.2) is 24.3 Å². The minimum atomic E-state index is -0.797. The highest BCUT2D eigenvalue weighted by Crippen LogP contribution is 2.44. The van der Waals surface area contributed by atoms with Crippen LogP contribution in [0.3, 0.4) is 0 Å². The molecule has 2 unspecified atom stereocenters. The number of rotatable bonds is 6. The van der Waals surface area contributed by atoms with Crippen molar-refractivity contribution < 1.29 is 23.9 Å². The molecular formula is C30H33ClFN3O4. The highest BCUT2D eigenvalue weighted by Gasteiger charge is 2.39. The molecule has 206 valence electrons. The number of alkyl halides is 1. The molecule has 1 N–H and O–H groups in total. The van der Waals surface area contributed by atoms with Crippen molar-refractivity contribution in [2.24, 2.45) is 11.8 Å². The summed E-state index contributed by atoms with van der Waals surface area (Å²) in [6.45, 7) is 0.0362. The molecule has 3 atom stereocenters. The number of amides is 1. The number of hydrogen-bond acceptors (Lipinski definition) is 4. The minimum absolute atomic E-state index is 0.0415. The molecule has 2 heterocycles. The topological polar surface area (TPSA) is 92.5 Å². The van der Waals surface area contributed by atoms with Gasteiger partial charge in [0, 0.05) is 24.4 Å². The lowest BCUT2D eigenvalue weighted by atomic mass is 9.82. The number of aromatic nitrogens is 2. The number of fused-ring (bicyclic) bond motifs is 1. The van der Waals surface area contributed by atoms with E-state index in [1.807, 2.05) is 18.2 Å². The van der Waals surface area contributed by atoms with Crippen LogP contribution in [0.25, 0.3) is 5.57 Å². The fourth-order valence-corrected chi connectivity index (χ4v) is 6.91. The number of carbonyl (C=O) groups excluding carboxylic acids is 2. The first-order chi connectivity index (χ1) is 18.9. The molecular weight excluding hydrogens is 521 g/mol. The van der Waals surface area contributed by atoms with Crippen molar-refractivity contribution in [3.63, 3.8) is 0 Å². The Bertz CT molecular complexity index is 1360. The van der Waals surface area contributed by atoms with Crippen molar-refractivity contribution in [1.82, 2.24) is 14.7 Å². The number of halogens is 2. The molecule has 39 heavy (non-hydrogen) atoms. The normalized spacial score (nSPS) is 24.8. The summed E-state index contributed by atoms with van der Waals surface area (Å²) in [4.78, 5) is 40.8. The number of carboxylic acid groups (broad SMARTS) is 1. The molecule has 1 amide bonds. The Morgan fingerprint density at radius 1 is 1.08 bits per heavy atom. The van der Waals surface area contributed by atoms with Crippen LogP contribution in [-0.4, -0.2) is 56.8 Å². The molecule has 0 spiro atoms. The monoisotopic (exact) mass is 553 g/mol. The molecule has 1 aromatic heterocycles. The van der Waals surface area contributed by atoms with E-state index >= 15 is 0 Å². The van der Waals surface area contributed by atoms with Crippen molar-refractivity contribution in [3.8, 4) is 0 Å². The van der Waals surface area contributed by atoms with E-state index in [-0.39, 0.29) is 23.8 Å². The lowest BCUT2D eigenvalue weighted by Gasteiger charge is -2.30. The van der Waals surface area contributed by atoms with Gasteiger partial charge in [0.1, 0.15) is 6.67 Å². The van der Waals surface area contributed by atoms with Crippen LogP contribution in [-0.2, 0) is 22.4 Å². The van der Waals surface area contributed by atoms with Gasteiger partial charge < -0.3 is 10.0 Å². The molecule has 2 fully saturated rings. The lowest BCUT2D eigenvalue weighted by molar-refractivity contribution is -0.142. The van der Waals surface area contributed by atoms with Crippen molar-refractivity contribution in [1.29, 1.82) is 0 Å². The number of aliphatic carboxylic acids is 1. The predicted molar refractivity (Wildman–Crippen MR) is 145 cm³/mol. The van der Waals surface area contributed by atoms with Gasteiger partial charge in [-0.1, -0.05) is 29.8 Å². The highest BCUT2D eigenvalue weighted by atomic mass is 35.5. The van der Waals surface area contributed by atoms with Gasteiger partial charge in [-0.05, 0) is 80.9 Å². The summed E-state index contributed by atoms with van der Waals surface area (Å²) in [5.41, 5.74) is 4.77. The van der Waals surface area contributed by atoms with Crippen LogP contribution >= 0.6 is 11.6 Å². The number of hydrogen-bond donors (Lipinski definition) is 1. The van der Waals surface area contributed by atoms with Gasteiger partial charge >= 0.3 is 5.97 Å². The molecule has 1 aromatic carbocycles. The third kappa shape index (κ3) is 4.81. The number of nitrogens with zero attached hydrogens (tertiary/aromatic N) is 3. The van der Waals surface area contributed by atoms with Crippen molar-refractivity contribution >= 4 is 35.0 Å². The number of benzene rings is 1. The van der Waals surface area contributed by atoms with Gasteiger partial charge in [0.2, 0.25) is 5.91 Å². The molecule has 0 radical (unpaired) electrons. The Balaban J connectivity index is 1.39. The van der Waals surface area contributed by atoms with E-state index in [4.69, 9.17) is 16.7 Å². The number of allylic oxidation sites excluding steroid dienone is 2. The second-order valence-electron chi connectivity index (χ2n) is 11.4.